The number of pyridine rings is 1. The lowest BCUT2D eigenvalue weighted by Gasteiger charge is -2.08. The van der Waals surface area contributed by atoms with Gasteiger partial charge >= 0.3 is 6.09 Å². The van der Waals surface area contributed by atoms with Crippen molar-refractivity contribution >= 4 is 27.7 Å². The van der Waals surface area contributed by atoms with Gasteiger partial charge in [-0.25, -0.2) is 28.0 Å². The third-order valence-corrected chi connectivity index (χ3v) is 3.14. The highest BCUT2D eigenvalue weighted by atomic mass is 35.5. The van der Waals surface area contributed by atoms with Gasteiger partial charge in [-0.2, -0.15) is 0 Å². The van der Waals surface area contributed by atoms with Crippen molar-refractivity contribution in [2.45, 2.75) is 11.8 Å². The van der Waals surface area contributed by atoms with Crippen LogP contribution in [0.4, 0.5) is 9.18 Å². The molecule has 0 saturated heterocycles. The van der Waals surface area contributed by atoms with Crippen molar-refractivity contribution in [2.75, 3.05) is 6.61 Å². The van der Waals surface area contributed by atoms with Crippen molar-refractivity contribution in [1.82, 2.24) is 15.2 Å². The summed E-state index contributed by atoms with van der Waals surface area (Å²) >= 11 is 5.31. The van der Waals surface area contributed by atoms with Gasteiger partial charge in [-0.3, -0.25) is 0 Å². The van der Waals surface area contributed by atoms with Gasteiger partial charge in [-0.05, 0) is 13.0 Å². The van der Waals surface area contributed by atoms with Gasteiger partial charge in [0.25, 0.3) is 10.0 Å². The molecule has 10 heteroatoms. The normalized spacial score (nSPS) is 11.1. The fraction of sp³-hybridized carbons (Fsp3) is 0.250. The highest BCUT2D eigenvalue weighted by Gasteiger charge is 2.17. The summed E-state index contributed by atoms with van der Waals surface area (Å²) in [6.45, 7) is 1.62. The molecule has 1 aromatic heterocycles. The third kappa shape index (κ3) is 3.79. The molecule has 18 heavy (non-hydrogen) atoms. The molecule has 1 aromatic rings. The average Bonchev–Trinajstić information content (AvgIpc) is 2.30. The molecule has 0 atom stereocenters. The minimum absolute atomic E-state index is 0.0741. The molecule has 0 aliphatic heterocycles. The Morgan fingerprint density at radius 3 is 2.83 bits per heavy atom. The number of rotatable bonds is 4. The predicted molar refractivity (Wildman–Crippen MR) is 59.7 cm³/mol. The summed E-state index contributed by atoms with van der Waals surface area (Å²) in [5.41, 5.74) is 1.77. The summed E-state index contributed by atoms with van der Waals surface area (Å²) in [5, 5.41) is -0.452. The fourth-order valence-electron chi connectivity index (χ4n) is 0.886. The zero-order chi connectivity index (χ0) is 13.8. The second-order valence-corrected chi connectivity index (χ2v) is 4.94. The van der Waals surface area contributed by atoms with E-state index in [9.17, 15) is 17.6 Å². The van der Waals surface area contributed by atoms with Gasteiger partial charge in [0, 0.05) is 6.20 Å². The summed E-state index contributed by atoms with van der Waals surface area (Å²) in [4.78, 5) is 15.4. The van der Waals surface area contributed by atoms with Crippen LogP contribution in [-0.2, 0) is 14.8 Å². The molecule has 0 unspecified atom stereocenters. The molecule has 0 aliphatic carbocycles. The lowest BCUT2D eigenvalue weighted by Crippen LogP contribution is -2.41. The van der Waals surface area contributed by atoms with Crippen molar-refractivity contribution in [2.24, 2.45) is 0 Å². The molecular weight excluding hydrogens is 289 g/mol. The largest absolute Gasteiger partial charge is 0.449 e. The number of hydrogen-bond donors (Lipinski definition) is 2. The first-order chi connectivity index (χ1) is 8.36. The number of amides is 1. The number of nitrogens with zero attached hydrogens (tertiary/aromatic N) is 1. The molecule has 0 fully saturated rings. The number of aromatic nitrogens is 1. The van der Waals surface area contributed by atoms with Crippen molar-refractivity contribution in [3.05, 3.63) is 23.2 Å². The van der Waals surface area contributed by atoms with Crippen LogP contribution >= 0.6 is 11.6 Å². The molecule has 1 heterocycles. The van der Waals surface area contributed by atoms with Gasteiger partial charge in [0.15, 0.2) is 11.0 Å². The Morgan fingerprint density at radius 1 is 1.61 bits per heavy atom. The number of carbonyl (C=O) groups is 1. The van der Waals surface area contributed by atoms with Crippen LogP contribution in [-0.4, -0.2) is 26.1 Å². The van der Waals surface area contributed by atoms with E-state index in [2.05, 4.69) is 9.72 Å². The Labute approximate surface area is 107 Å². The summed E-state index contributed by atoms with van der Waals surface area (Å²) < 4.78 is 40.6. The van der Waals surface area contributed by atoms with Crippen LogP contribution < -0.4 is 10.3 Å². The standard InChI is InChI=1S/C8H9ClFN3O4S/c1-2-17-8(14)12-13-18(15,16)5-3-6(10)7(9)11-4-5/h3-4,13H,2H2,1H3,(H,12,14). The molecule has 100 valence electrons. The zero-order valence-corrected chi connectivity index (χ0v) is 10.7. The number of hydrazine groups is 1. The van der Waals surface area contributed by atoms with Gasteiger partial charge in [0.2, 0.25) is 0 Å². The lowest BCUT2D eigenvalue weighted by molar-refractivity contribution is 0.150. The second kappa shape index (κ2) is 5.94. The van der Waals surface area contributed by atoms with Crippen LogP contribution in [0.3, 0.4) is 0 Å². The molecule has 1 rings (SSSR count). The number of halogens is 2. The molecule has 0 radical (unpaired) electrons. The van der Waals surface area contributed by atoms with Crippen LogP contribution in [0.15, 0.2) is 17.2 Å². The van der Waals surface area contributed by atoms with E-state index in [4.69, 9.17) is 11.6 Å². The van der Waals surface area contributed by atoms with E-state index in [1.807, 2.05) is 0 Å². The Kier molecular flexibility index (Phi) is 4.82. The number of nitrogens with one attached hydrogen (secondary N) is 2. The Bertz CT molecular complexity index is 551. The van der Waals surface area contributed by atoms with E-state index < -0.39 is 32.0 Å². The van der Waals surface area contributed by atoms with Crippen LogP contribution in [0.25, 0.3) is 0 Å². The maximum absolute atomic E-state index is 13.0. The molecule has 0 bridgehead atoms. The maximum atomic E-state index is 13.0. The molecule has 0 spiro atoms. The first-order valence-electron chi connectivity index (χ1n) is 4.62. The summed E-state index contributed by atoms with van der Waals surface area (Å²) in [7, 11) is -4.14. The van der Waals surface area contributed by atoms with Crippen LogP contribution in [0.5, 0.6) is 0 Å². The van der Waals surface area contributed by atoms with Gasteiger partial charge in [0.1, 0.15) is 4.90 Å². The second-order valence-electron chi connectivity index (χ2n) is 2.89. The van der Waals surface area contributed by atoms with Crippen LogP contribution in [0.1, 0.15) is 6.92 Å². The first kappa shape index (κ1) is 14.6. The van der Waals surface area contributed by atoms with Gasteiger partial charge in [-0.15, -0.1) is 4.83 Å². The molecule has 0 aromatic carbocycles. The topological polar surface area (TPSA) is 97.4 Å². The number of carbonyl (C=O) groups excluding carboxylic acids is 1. The van der Waals surface area contributed by atoms with Gasteiger partial charge in [-0.1, -0.05) is 11.6 Å². The van der Waals surface area contributed by atoms with E-state index in [1.165, 1.54) is 0 Å². The van der Waals surface area contributed by atoms with Crippen molar-refractivity contribution in [1.29, 1.82) is 0 Å². The number of ether oxygens (including phenoxy) is 1. The van der Waals surface area contributed by atoms with Gasteiger partial charge in [0.05, 0.1) is 6.61 Å². The van der Waals surface area contributed by atoms with E-state index >= 15 is 0 Å². The molecule has 1 amide bonds. The zero-order valence-electron chi connectivity index (χ0n) is 9.11. The molecule has 7 nitrogen and oxygen atoms in total. The Hall–Kier alpha value is -1.45. The number of sulfonamides is 1. The van der Waals surface area contributed by atoms with Crippen LogP contribution in [0, 0.1) is 5.82 Å². The number of hydrogen-bond acceptors (Lipinski definition) is 5. The SMILES string of the molecule is CCOC(=O)NNS(=O)(=O)c1cnc(Cl)c(F)c1. The Balaban J connectivity index is 2.80. The van der Waals surface area contributed by atoms with Gasteiger partial charge < -0.3 is 4.74 Å². The summed E-state index contributed by atoms with van der Waals surface area (Å²) in [6.07, 6.45) is -0.135. The minimum atomic E-state index is -4.14. The smallest absolute Gasteiger partial charge is 0.422 e. The van der Waals surface area contributed by atoms with Crippen molar-refractivity contribution in [3.8, 4) is 0 Å². The van der Waals surface area contributed by atoms with Crippen molar-refractivity contribution < 1.29 is 22.3 Å². The predicted octanol–water partition coefficient (Wildman–Crippen LogP) is 0.814. The molecule has 0 aliphatic rings. The summed E-state index contributed by atoms with van der Waals surface area (Å²) in [6, 6.07) is 0.671. The molecule has 0 saturated carbocycles. The monoisotopic (exact) mass is 297 g/mol. The lowest BCUT2D eigenvalue weighted by atomic mass is 10.5. The highest BCUT2D eigenvalue weighted by Crippen LogP contribution is 2.15. The fourth-order valence-corrected chi connectivity index (χ4v) is 1.77. The van der Waals surface area contributed by atoms with E-state index in [0.717, 1.165) is 6.20 Å². The van der Waals surface area contributed by atoms with E-state index in [0.29, 0.717) is 6.07 Å². The highest BCUT2D eigenvalue weighted by molar-refractivity contribution is 7.89. The molecular formula is C8H9ClFN3O4S. The van der Waals surface area contributed by atoms with E-state index in [-0.39, 0.29) is 6.61 Å². The van der Waals surface area contributed by atoms with Crippen LogP contribution in [0.2, 0.25) is 5.15 Å². The first-order valence-corrected chi connectivity index (χ1v) is 6.48. The minimum Gasteiger partial charge on any atom is -0.449 e. The van der Waals surface area contributed by atoms with Crippen molar-refractivity contribution in [3.63, 3.8) is 0 Å². The average molecular weight is 298 g/mol. The molecule has 2 N–H and O–H groups in total. The third-order valence-electron chi connectivity index (χ3n) is 1.64. The summed E-state index contributed by atoms with van der Waals surface area (Å²) in [5.74, 6) is -0.990. The Morgan fingerprint density at radius 2 is 2.28 bits per heavy atom. The quantitative estimate of drug-likeness (QED) is 0.633. The van der Waals surface area contributed by atoms with E-state index in [1.54, 1.807) is 17.2 Å². The maximum Gasteiger partial charge on any atom is 0.422 e.